The van der Waals surface area contributed by atoms with Crippen molar-refractivity contribution in [2.24, 2.45) is 0 Å². The van der Waals surface area contributed by atoms with E-state index < -0.39 is 0 Å². The van der Waals surface area contributed by atoms with Crippen molar-refractivity contribution < 1.29 is 18.6 Å². The lowest BCUT2D eigenvalue weighted by Gasteiger charge is -2.53. The van der Waals surface area contributed by atoms with Crippen LogP contribution in [0.2, 0.25) is 0 Å². The molecule has 0 spiro atoms. The molecule has 1 saturated carbocycles. The number of hydrogen-bond acceptors (Lipinski definition) is 3. The average Bonchev–Trinajstić information content (AvgIpc) is 2.73. The van der Waals surface area contributed by atoms with Crippen LogP contribution in [0.4, 0.5) is 4.39 Å². The number of ether oxygens (including phenoxy) is 3. The molecule has 3 aliphatic rings. The van der Waals surface area contributed by atoms with Crippen LogP contribution in [-0.2, 0) is 14.9 Å². The highest BCUT2D eigenvalue weighted by molar-refractivity contribution is 5.39. The van der Waals surface area contributed by atoms with Crippen LogP contribution in [0.1, 0.15) is 50.2 Å². The van der Waals surface area contributed by atoms with E-state index in [1.54, 1.807) is 19.1 Å². The molecule has 2 aromatic rings. The molecule has 0 N–H and O–H groups in total. The minimum atomic E-state index is -0.214. The Kier molecular flexibility index (Phi) is 5.44. The summed E-state index contributed by atoms with van der Waals surface area (Å²) < 4.78 is 31.5. The number of halogens is 1. The van der Waals surface area contributed by atoms with Gasteiger partial charge in [-0.25, -0.2) is 4.39 Å². The molecule has 150 valence electrons. The van der Waals surface area contributed by atoms with E-state index in [9.17, 15) is 4.39 Å². The van der Waals surface area contributed by atoms with E-state index >= 15 is 0 Å². The van der Waals surface area contributed by atoms with Gasteiger partial charge in [0.2, 0.25) is 0 Å². The Morgan fingerprint density at radius 2 is 1.82 bits per heavy atom. The van der Waals surface area contributed by atoms with Crippen LogP contribution in [0, 0.1) is 12.7 Å². The molecule has 0 radical (unpaired) electrons. The first kappa shape index (κ1) is 19.4. The number of benzene rings is 2. The number of fused-ring (bicyclic) bond motifs is 3. The molecule has 1 aliphatic carbocycles. The Balaban J connectivity index is 1.47. The van der Waals surface area contributed by atoms with Crippen molar-refractivity contribution in [3.63, 3.8) is 0 Å². The van der Waals surface area contributed by atoms with Crippen molar-refractivity contribution in [3.05, 3.63) is 59.4 Å². The summed E-state index contributed by atoms with van der Waals surface area (Å²) in [4.78, 5) is 0. The molecule has 0 amide bonds. The van der Waals surface area contributed by atoms with Gasteiger partial charge < -0.3 is 14.2 Å². The van der Waals surface area contributed by atoms with E-state index in [1.165, 1.54) is 11.6 Å². The molecule has 0 unspecified atom stereocenters. The Bertz CT molecular complexity index is 808. The van der Waals surface area contributed by atoms with Crippen molar-refractivity contribution in [2.75, 3.05) is 19.8 Å². The first-order valence-corrected chi connectivity index (χ1v) is 10.3. The van der Waals surface area contributed by atoms with Crippen molar-refractivity contribution in [1.29, 1.82) is 0 Å². The molecule has 28 heavy (non-hydrogen) atoms. The van der Waals surface area contributed by atoms with Gasteiger partial charge in [0, 0.05) is 18.6 Å². The molecular weight excluding hydrogens is 355 g/mol. The molecule has 2 aliphatic heterocycles. The predicted octanol–water partition coefficient (Wildman–Crippen LogP) is 5.93. The van der Waals surface area contributed by atoms with Gasteiger partial charge in [-0.2, -0.15) is 0 Å². The molecule has 2 heterocycles. The SMILES string of the molecule is CCOCCC12CCC(c3cccc(Oc4ccc(F)c(C)c4)c3)(CC1)CO2. The van der Waals surface area contributed by atoms with Crippen LogP contribution in [0.3, 0.4) is 0 Å². The molecule has 2 saturated heterocycles. The van der Waals surface area contributed by atoms with Gasteiger partial charge in [-0.05, 0) is 87.4 Å². The summed E-state index contributed by atoms with van der Waals surface area (Å²) in [5.41, 5.74) is 1.95. The fraction of sp³-hybridized carbons (Fsp3) is 0.500. The maximum Gasteiger partial charge on any atom is 0.127 e. The molecule has 4 heteroatoms. The Morgan fingerprint density at radius 1 is 1.04 bits per heavy atom. The number of hydrogen-bond donors (Lipinski definition) is 0. The maximum atomic E-state index is 13.5. The lowest BCUT2D eigenvalue weighted by Crippen LogP contribution is -2.53. The summed E-state index contributed by atoms with van der Waals surface area (Å²) in [6.07, 6.45) is 5.44. The molecule has 0 atom stereocenters. The minimum Gasteiger partial charge on any atom is -0.457 e. The highest BCUT2D eigenvalue weighted by Crippen LogP contribution is 2.52. The van der Waals surface area contributed by atoms with Gasteiger partial charge in [-0.3, -0.25) is 0 Å². The van der Waals surface area contributed by atoms with Crippen LogP contribution in [0.15, 0.2) is 42.5 Å². The molecule has 0 aromatic heterocycles. The van der Waals surface area contributed by atoms with Gasteiger partial charge in [0.05, 0.1) is 12.2 Å². The summed E-state index contributed by atoms with van der Waals surface area (Å²) >= 11 is 0. The second-order valence-corrected chi connectivity index (χ2v) is 8.24. The zero-order valence-corrected chi connectivity index (χ0v) is 16.8. The summed E-state index contributed by atoms with van der Waals surface area (Å²) in [5.74, 6) is 1.23. The standard InChI is InChI=1S/C24H29FO3/c1-3-26-14-13-24-11-9-23(10-12-24,17-27-24)19-5-4-6-20(16-19)28-21-7-8-22(25)18(2)15-21/h4-8,15-16H,3,9-14,17H2,1-2H3. The van der Waals surface area contributed by atoms with Crippen LogP contribution in [0.5, 0.6) is 11.5 Å². The molecule has 2 bridgehead atoms. The monoisotopic (exact) mass is 384 g/mol. The maximum absolute atomic E-state index is 13.5. The van der Waals surface area contributed by atoms with E-state index in [2.05, 4.69) is 12.1 Å². The van der Waals surface area contributed by atoms with Gasteiger partial charge in [-0.15, -0.1) is 0 Å². The van der Waals surface area contributed by atoms with Gasteiger partial charge in [0.25, 0.3) is 0 Å². The quantitative estimate of drug-likeness (QED) is 0.554. The largest absolute Gasteiger partial charge is 0.457 e. The third-order valence-electron chi connectivity index (χ3n) is 6.49. The van der Waals surface area contributed by atoms with Gasteiger partial charge >= 0.3 is 0 Å². The van der Waals surface area contributed by atoms with Gasteiger partial charge in [0.1, 0.15) is 17.3 Å². The first-order chi connectivity index (χ1) is 13.5. The van der Waals surface area contributed by atoms with Crippen molar-refractivity contribution in [3.8, 4) is 11.5 Å². The van der Waals surface area contributed by atoms with E-state index in [4.69, 9.17) is 14.2 Å². The van der Waals surface area contributed by atoms with E-state index in [-0.39, 0.29) is 16.8 Å². The number of aryl methyl sites for hydroxylation is 1. The fourth-order valence-corrected chi connectivity index (χ4v) is 4.57. The predicted molar refractivity (Wildman–Crippen MR) is 108 cm³/mol. The van der Waals surface area contributed by atoms with Crippen LogP contribution in [0.25, 0.3) is 0 Å². The molecule has 3 fully saturated rings. The fourth-order valence-electron chi connectivity index (χ4n) is 4.57. The summed E-state index contributed by atoms with van der Waals surface area (Å²) in [5, 5.41) is 0. The van der Waals surface area contributed by atoms with E-state index in [1.807, 2.05) is 19.1 Å². The summed E-state index contributed by atoms with van der Waals surface area (Å²) in [7, 11) is 0. The third-order valence-corrected chi connectivity index (χ3v) is 6.49. The number of rotatable bonds is 7. The smallest absolute Gasteiger partial charge is 0.127 e. The third kappa shape index (κ3) is 3.81. The second kappa shape index (κ2) is 7.84. The zero-order chi connectivity index (χ0) is 19.6. The summed E-state index contributed by atoms with van der Waals surface area (Å²) in [6.45, 7) is 6.09. The minimum absolute atomic E-state index is 0.0106. The van der Waals surface area contributed by atoms with E-state index in [0.717, 1.165) is 57.7 Å². The highest BCUT2D eigenvalue weighted by atomic mass is 19.1. The average molecular weight is 384 g/mol. The van der Waals surface area contributed by atoms with Crippen LogP contribution in [-0.4, -0.2) is 25.4 Å². The van der Waals surface area contributed by atoms with Crippen molar-refractivity contribution in [2.45, 2.75) is 57.0 Å². The Morgan fingerprint density at radius 3 is 2.50 bits per heavy atom. The molecule has 3 nitrogen and oxygen atoms in total. The molecule has 2 aromatic carbocycles. The summed E-state index contributed by atoms with van der Waals surface area (Å²) in [6, 6.07) is 13.2. The molecule has 5 rings (SSSR count). The zero-order valence-electron chi connectivity index (χ0n) is 16.8. The Labute approximate surface area is 166 Å². The van der Waals surface area contributed by atoms with Gasteiger partial charge in [0.15, 0.2) is 0 Å². The lowest BCUT2D eigenvalue weighted by molar-refractivity contribution is -0.166. The van der Waals surface area contributed by atoms with Crippen molar-refractivity contribution in [1.82, 2.24) is 0 Å². The van der Waals surface area contributed by atoms with Crippen LogP contribution >= 0.6 is 0 Å². The van der Waals surface area contributed by atoms with Gasteiger partial charge in [-0.1, -0.05) is 12.1 Å². The van der Waals surface area contributed by atoms with E-state index in [0.29, 0.717) is 11.3 Å². The Hall–Kier alpha value is -1.91. The van der Waals surface area contributed by atoms with Crippen molar-refractivity contribution >= 4 is 0 Å². The first-order valence-electron chi connectivity index (χ1n) is 10.3. The normalized spacial score (nSPS) is 26.4. The lowest BCUT2D eigenvalue weighted by atomic mass is 9.62. The topological polar surface area (TPSA) is 27.7 Å². The molecular formula is C24H29FO3. The van der Waals surface area contributed by atoms with Crippen LogP contribution < -0.4 is 4.74 Å². The highest BCUT2D eigenvalue weighted by Gasteiger charge is 2.50. The second-order valence-electron chi connectivity index (χ2n) is 8.24.